The van der Waals surface area contributed by atoms with Gasteiger partial charge in [-0.1, -0.05) is 20.8 Å². The molecule has 2 aliphatic rings. The highest BCUT2D eigenvalue weighted by Crippen LogP contribution is 2.60. The van der Waals surface area contributed by atoms with Gasteiger partial charge in [0.25, 0.3) is 5.69 Å². The molecular formula is C20H23BrN4O5S. The summed E-state index contributed by atoms with van der Waals surface area (Å²) in [6, 6.07) is 6.97. The molecule has 2 atom stereocenters. The van der Waals surface area contributed by atoms with Crippen LogP contribution in [-0.4, -0.2) is 36.4 Å². The molecule has 0 radical (unpaired) electrons. The van der Waals surface area contributed by atoms with E-state index in [4.69, 9.17) is 4.42 Å². The average Bonchev–Trinajstić information content (AvgIpc) is 3.31. The Morgan fingerprint density at radius 3 is 2.58 bits per heavy atom. The first kappa shape index (κ1) is 22.0. The number of piperidine rings is 1. The third-order valence-electron chi connectivity index (χ3n) is 6.71. The lowest BCUT2D eigenvalue weighted by molar-refractivity contribution is -0.385. The predicted molar refractivity (Wildman–Crippen MR) is 120 cm³/mol. The number of hydrogen-bond donors (Lipinski definition) is 1. The number of hydrazone groups is 1. The molecule has 1 aromatic heterocycles. The lowest BCUT2D eigenvalue weighted by Gasteiger charge is -2.42. The maximum Gasteiger partial charge on any atom is 0.270 e. The van der Waals surface area contributed by atoms with E-state index >= 15 is 0 Å². The minimum absolute atomic E-state index is 0.0368. The molecule has 1 saturated heterocycles. The average molecular weight is 511 g/mol. The van der Waals surface area contributed by atoms with Crippen LogP contribution in [0.5, 0.6) is 0 Å². The number of benzene rings is 1. The van der Waals surface area contributed by atoms with Gasteiger partial charge >= 0.3 is 0 Å². The number of rotatable bonds is 6. The van der Waals surface area contributed by atoms with E-state index in [-0.39, 0.29) is 33.1 Å². The Labute approximate surface area is 188 Å². The fourth-order valence-corrected chi connectivity index (χ4v) is 6.79. The van der Waals surface area contributed by atoms with E-state index in [1.165, 1.54) is 22.7 Å². The van der Waals surface area contributed by atoms with Crippen molar-refractivity contribution in [2.24, 2.45) is 15.9 Å². The quantitative estimate of drug-likeness (QED) is 0.344. The van der Waals surface area contributed by atoms with Gasteiger partial charge in [-0.25, -0.2) is 8.42 Å². The second-order valence-corrected chi connectivity index (χ2v) is 11.6. The summed E-state index contributed by atoms with van der Waals surface area (Å²) in [5.74, 6) is 0.456. The van der Waals surface area contributed by atoms with Crippen LogP contribution in [0.2, 0.25) is 0 Å². The van der Waals surface area contributed by atoms with Crippen molar-refractivity contribution in [1.29, 1.82) is 0 Å². The molecule has 166 valence electrons. The minimum atomic E-state index is -3.97. The van der Waals surface area contributed by atoms with Gasteiger partial charge in [-0.05, 0) is 57.8 Å². The number of non-ortho nitro benzene ring substituents is 1. The first-order chi connectivity index (χ1) is 14.4. The molecule has 0 amide bonds. The number of hydrogen-bond acceptors (Lipinski definition) is 7. The molecule has 31 heavy (non-hydrogen) atoms. The first-order valence-electron chi connectivity index (χ1n) is 9.78. The Kier molecular flexibility index (Phi) is 5.26. The molecule has 0 spiro atoms. The van der Waals surface area contributed by atoms with E-state index in [1.807, 2.05) is 0 Å². The van der Waals surface area contributed by atoms with Crippen LogP contribution >= 0.6 is 15.9 Å². The van der Waals surface area contributed by atoms with Crippen LogP contribution in [0.1, 0.15) is 39.4 Å². The van der Waals surface area contributed by atoms with Crippen molar-refractivity contribution in [2.45, 2.75) is 44.6 Å². The summed E-state index contributed by atoms with van der Waals surface area (Å²) < 4.78 is 34.6. The Bertz CT molecular complexity index is 1170. The molecule has 2 aromatic rings. The number of nitro groups is 1. The third-order valence-corrected chi connectivity index (χ3v) is 9.08. The molecule has 11 heteroatoms. The molecule has 2 heterocycles. The number of nitrogens with one attached hydrogen (secondary N) is 1. The van der Waals surface area contributed by atoms with Gasteiger partial charge in [-0.15, -0.1) is 0 Å². The summed E-state index contributed by atoms with van der Waals surface area (Å²) in [4.78, 5) is 10.5. The SMILES string of the molecule is CC1(C)C[C@H]2C[C@@]1(C)CN2S(=O)(=O)c1cc([N+](=O)[O-])ccc1N/N=C\c1ccc(Br)o1. The van der Waals surface area contributed by atoms with Gasteiger partial charge in [0.1, 0.15) is 10.7 Å². The van der Waals surface area contributed by atoms with Crippen LogP contribution in [0.25, 0.3) is 0 Å². The van der Waals surface area contributed by atoms with E-state index in [9.17, 15) is 18.5 Å². The second-order valence-electron chi connectivity index (χ2n) is 9.01. The molecule has 9 nitrogen and oxygen atoms in total. The van der Waals surface area contributed by atoms with E-state index in [0.29, 0.717) is 17.0 Å². The monoisotopic (exact) mass is 510 g/mol. The van der Waals surface area contributed by atoms with Gasteiger partial charge in [-0.2, -0.15) is 9.41 Å². The molecule has 1 saturated carbocycles. The number of halogens is 1. The van der Waals surface area contributed by atoms with Gasteiger partial charge in [0.05, 0.1) is 16.8 Å². The van der Waals surface area contributed by atoms with Crippen LogP contribution in [-0.2, 0) is 10.0 Å². The minimum Gasteiger partial charge on any atom is -0.448 e. The lowest BCUT2D eigenvalue weighted by atomic mass is 9.69. The van der Waals surface area contributed by atoms with Crippen molar-refractivity contribution in [1.82, 2.24) is 4.31 Å². The molecule has 1 aromatic carbocycles. The van der Waals surface area contributed by atoms with Gasteiger partial charge in [0.2, 0.25) is 10.0 Å². The summed E-state index contributed by atoms with van der Waals surface area (Å²) in [5.41, 5.74) is 2.48. The van der Waals surface area contributed by atoms with E-state index < -0.39 is 14.9 Å². The Morgan fingerprint density at radius 1 is 1.29 bits per heavy atom. The topological polar surface area (TPSA) is 118 Å². The standard InChI is InChI=1S/C20H23BrN4O5S/c1-19(2)9-14-10-20(19,3)12-24(14)31(28,29)17-8-13(25(26)27)4-6-16(17)23-22-11-15-5-7-18(21)30-15/h4-8,11,14,23H,9-10,12H2,1-3H3/b22-11-/t14-,20-/m0/s1. The summed E-state index contributed by atoms with van der Waals surface area (Å²) in [5, 5.41) is 15.4. The lowest BCUT2D eigenvalue weighted by Crippen LogP contribution is -2.46. The maximum atomic E-state index is 13.6. The van der Waals surface area contributed by atoms with E-state index in [0.717, 1.165) is 18.9 Å². The zero-order valence-electron chi connectivity index (χ0n) is 17.3. The van der Waals surface area contributed by atoms with Crippen LogP contribution in [0.15, 0.2) is 49.4 Å². The summed E-state index contributed by atoms with van der Waals surface area (Å²) >= 11 is 3.20. The maximum absolute atomic E-state index is 13.6. The smallest absolute Gasteiger partial charge is 0.270 e. The zero-order valence-corrected chi connectivity index (χ0v) is 19.7. The van der Waals surface area contributed by atoms with Gasteiger partial charge < -0.3 is 4.42 Å². The van der Waals surface area contributed by atoms with E-state index in [1.54, 1.807) is 12.1 Å². The van der Waals surface area contributed by atoms with Crippen molar-refractivity contribution in [3.8, 4) is 0 Å². The van der Waals surface area contributed by atoms with Crippen LogP contribution in [0.4, 0.5) is 11.4 Å². The van der Waals surface area contributed by atoms with Gasteiger partial charge in [-0.3, -0.25) is 15.5 Å². The Morgan fingerprint density at radius 2 is 2.03 bits per heavy atom. The molecule has 1 N–H and O–H groups in total. The number of furan rings is 1. The summed E-state index contributed by atoms with van der Waals surface area (Å²) in [6.45, 7) is 6.83. The fraction of sp³-hybridized carbons (Fsp3) is 0.450. The zero-order chi connectivity index (χ0) is 22.6. The van der Waals surface area contributed by atoms with Crippen molar-refractivity contribution in [3.05, 3.63) is 50.9 Å². The number of nitro benzene ring substituents is 1. The van der Waals surface area contributed by atoms with Gasteiger partial charge in [0.15, 0.2) is 4.67 Å². The molecule has 1 aliphatic heterocycles. The van der Waals surface area contributed by atoms with Crippen molar-refractivity contribution in [2.75, 3.05) is 12.0 Å². The Hall–Kier alpha value is -2.24. The van der Waals surface area contributed by atoms with E-state index in [2.05, 4.69) is 47.2 Å². The second kappa shape index (κ2) is 7.42. The fourth-order valence-electron chi connectivity index (χ4n) is 4.56. The molecular weight excluding hydrogens is 488 g/mol. The van der Waals surface area contributed by atoms with Crippen LogP contribution < -0.4 is 5.43 Å². The molecule has 2 bridgehead atoms. The summed E-state index contributed by atoms with van der Waals surface area (Å²) in [6.07, 6.45) is 2.93. The van der Waals surface area contributed by atoms with Gasteiger partial charge in [0, 0.05) is 24.7 Å². The molecule has 0 unspecified atom stereocenters. The largest absolute Gasteiger partial charge is 0.448 e. The van der Waals surface area contributed by atoms with Crippen molar-refractivity contribution in [3.63, 3.8) is 0 Å². The summed E-state index contributed by atoms with van der Waals surface area (Å²) in [7, 11) is -3.97. The predicted octanol–water partition coefficient (Wildman–Crippen LogP) is 4.60. The third kappa shape index (κ3) is 3.79. The highest BCUT2D eigenvalue weighted by Gasteiger charge is 2.60. The highest BCUT2D eigenvalue weighted by molar-refractivity contribution is 9.10. The molecule has 2 fully saturated rings. The first-order valence-corrected chi connectivity index (χ1v) is 12.0. The van der Waals surface area contributed by atoms with Crippen molar-refractivity contribution < 1.29 is 17.8 Å². The Balaban J connectivity index is 1.68. The number of sulfonamides is 1. The highest BCUT2D eigenvalue weighted by atomic mass is 79.9. The normalized spacial score (nSPS) is 25.4. The number of nitrogens with zero attached hydrogens (tertiary/aromatic N) is 3. The van der Waals surface area contributed by atoms with Crippen molar-refractivity contribution >= 4 is 43.5 Å². The number of fused-ring (bicyclic) bond motifs is 2. The molecule has 1 aliphatic carbocycles. The number of anilines is 1. The molecule has 4 rings (SSSR count). The van der Waals surface area contributed by atoms with Crippen LogP contribution in [0, 0.1) is 20.9 Å². The van der Waals surface area contributed by atoms with Crippen LogP contribution in [0.3, 0.4) is 0 Å².